The van der Waals surface area contributed by atoms with Gasteiger partial charge in [-0.1, -0.05) is 25.1 Å². The van der Waals surface area contributed by atoms with Crippen molar-refractivity contribution >= 4 is 56.5 Å². The van der Waals surface area contributed by atoms with E-state index in [0.717, 1.165) is 50.0 Å². The lowest BCUT2D eigenvalue weighted by Gasteiger charge is -2.14. The van der Waals surface area contributed by atoms with E-state index in [9.17, 15) is 14.4 Å². The Morgan fingerprint density at radius 1 is 1.23 bits per heavy atom. The molecule has 1 aliphatic heterocycles. The molecule has 1 fully saturated rings. The van der Waals surface area contributed by atoms with E-state index in [1.807, 2.05) is 51.1 Å². The van der Waals surface area contributed by atoms with Crippen LogP contribution in [0.25, 0.3) is 6.08 Å². The second-order valence-corrected chi connectivity index (χ2v) is 8.95. The summed E-state index contributed by atoms with van der Waals surface area (Å²) < 4.78 is 6.39. The van der Waals surface area contributed by atoms with Gasteiger partial charge in [0.15, 0.2) is 0 Å². The lowest BCUT2D eigenvalue weighted by Crippen LogP contribution is -2.36. The zero-order chi connectivity index (χ0) is 22.5. The van der Waals surface area contributed by atoms with Crippen molar-refractivity contribution in [1.82, 2.24) is 4.90 Å². The number of amides is 3. The van der Waals surface area contributed by atoms with Gasteiger partial charge in [-0.05, 0) is 88.9 Å². The Balaban J connectivity index is 1.69. The van der Waals surface area contributed by atoms with Crippen LogP contribution in [0.4, 0.5) is 10.5 Å². The largest absolute Gasteiger partial charge is 0.492 e. The first kappa shape index (κ1) is 23.1. The molecule has 0 spiro atoms. The van der Waals surface area contributed by atoms with E-state index in [2.05, 4.69) is 21.2 Å². The fourth-order valence-electron chi connectivity index (χ4n) is 2.94. The normalized spacial score (nSPS) is 15.0. The maximum absolute atomic E-state index is 12.7. The van der Waals surface area contributed by atoms with Crippen molar-refractivity contribution in [2.75, 3.05) is 18.5 Å². The molecule has 1 saturated heterocycles. The third-order valence-electron chi connectivity index (χ3n) is 4.77. The molecule has 31 heavy (non-hydrogen) atoms. The van der Waals surface area contributed by atoms with Gasteiger partial charge in [0.05, 0.1) is 16.0 Å². The van der Waals surface area contributed by atoms with E-state index in [-0.39, 0.29) is 11.4 Å². The van der Waals surface area contributed by atoms with Crippen molar-refractivity contribution < 1.29 is 19.1 Å². The minimum Gasteiger partial charge on any atom is -0.492 e. The summed E-state index contributed by atoms with van der Waals surface area (Å²) in [6, 6.07) is 11.0. The number of rotatable bonds is 7. The van der Waals surface area contributed by atoms with Crippen LogP contribution < -0.4 is 10.1 Å². The van der Waals surface area contributed by atoms with Crippen LogP contribution in [-0.4, -0.2) is 35.1 Å². The van der Waals surface area contributed by atoms with Crippen molar-refractivity contribution in [1.29, 1.82) is 0 Å². The van der Waals surface area contributed by atoms with Gasteiger partial charge in [0.2, 0.25) is 5.91 Å². The fraction of sp³-hybridized carbons (Fsp3) is 0.261. The van der Waals surface area contributed by atoms with Crippen LogP contribution in [0, 0.1) is 13.8 Å². The second-order valence-electron chi connectivity index (χ2n) is 7.10. The number of nitrogens with zero attached hydrogens (tertiary/aromatic N) is 1. The van der Waals surface area contributed by atoms with Gasteiger partial charge in [0.1, 0.15) is 12.3 Å². The number of ether oxygens (including phenoxy) is 1. The Morgan fingerprint density at radius 3 is 2.71 bits per heavy atom. The molecule has 0 aromatic heterocycles. The lowest BCUT2D eigenvalue weighted by atomic mass is 10.1. The van der Waals surface area contributed by atoms with E-state index in [4.69, 9.17) is 4.74 Å². The van der Waals surface area contributed by atoms with Crippen LogP contribution >= 0.6 is 27.7 Å². The summed E-state index contributed by atoms with van der Waals surface area (Å²) >= 11 is 4.29. The van der Waals surface area contributed by atoms with Crippen LogP contribution in [0.3, 0.4) is 0 Å². The van der Waals surface area contributed by atoms with E-state index in [0.29, 0.717) is 12.3 Å². The van der Waals surface area contributed by atoms with Gasteiger partial charge >= 0.3 is 0 Å². The molecular formula is C23H23BrN2O4S. The second kappa shape index (κ2) is 10.2. The SMILES string of the molecule is CCCOc1ccc(/C=C2\SC(=O)N(CC(=O)Nc3cccc(C)c3C)C2=O)cc1Br. The highest BCUT2D eigenvalue weighted by Crippen LogP contribution is 2.34. The minimum absolute atomic E-state index is 0.277. The van der Waals surface area contributed by atoms with Crippen LogP contribution in [0.1, 0.15) is 30.0 Å². The summed E-state index contributed by atoms with van der Waals surface area (Å²) in [6.45, 7) is 6.17. The predicted octanol–water partition coefficient (Wildman–Crippen LogP) is 5.53. The number of hydrogen-bond donors (Lipinski definition) is 1. The Bertz CT molecular complexity index is 1070. The number of hydrogen-bond acceptors (Lipinski definition) is 5. The van der Waals surface area contributed by atoms with Gasteiger partial charge in [0, 0.05) is 5.69 Å². The van der Waals surface area contributed by atoms with Gasteiger partial charge in [-0.25, -0.2) is 0 Å². The van der Waals surface area contributed by atoms with Crippen molar-refractivity contribution in [2.24, 2.45) is 0 Å². The topological polar surface area (TPSA) is 75.7 Å². The number of imide groups is 1. The van der Waals surface area contributed by atoms with Crippen LogP contribution in [0.5, 0.6) is 5.75 Å². The fourth-order valence-corrected chi connectivity index (χ4v) is 4.29. The first-order valence-corrected chi connectivity index (χ1v) is 11.4. The average molecular weight is 503 g/mol. The van der Waals surface area contributed by atoms with Crippen LogP contribution in [-0.2, 0) is 9.59 Å². The van der Waals surface area contributed by atoms with Crippen LogP contribution in [0.2, 0.25) is 0 Å². The zero-order valence-electron chi connectivity index (χ0n) is 17.5. The standard InChI is InChI=1S/C23H23BrN2O4S/c1-4-10-30-19-9-8-16(11-17(19)24)12-20-22(28)26(23(29)31-20)13-21(27)25-18-7-5-6-14(2)15(18)3/h5-9,11-12H,4,10,13H2,1-3H3,(H,25,27)/b20-12-. The lowest BCUT2D eigenvalue weighted by molar-refractivity contribution is -0.127. The number of benzene rings is 2. The number of aryl methyl sites for hydroxylation is 1. The molecule has 3 amide bonds. The summed E-state index contributed by atoms with van der Waals surface area (Å²) in [6.07, 6.45) is 2.54. The molecule has 1 N–H and O–H groups in total. The number of nitrogens with one attached hydrogen (secondary N) is 1. The Labute approximate surface area is 194 Å². The smallest absolute Gasteiger partial charge is 0.294 e. The van der Waals surface area contributed by atoms with Crippen molar-refractivity contribution in [2.45, 2.75) is 27.2 Å². The molecule has 1 heterocycles. The summed E-state index contributed by atoms with van der Waals surface area (Å²) in [5, 5.41) is 2.32. The summed E-state index contributed by atoms with van der Waals surface area (Å²) in [7, 11) is 0. The average Bonchev–Trinajstić information content (AvgIpc) is 2.98. The van der Waals surface area contributed by atoms with Gasteiger partial charge in [-0.15, -0.1) is 0 Å². The summed E-state index contributed by atoms with van der Waals surface area (Å²) in [5.41, 5.74) is 3.41. The number of carbonyl (C=O) groups excluding carboxylic acids is 3. The van der Waals surface area contributed by atoms with Crippen molar-refractivity contribution in [3.8, 4) is 5.75 Å². The van der Waals surface area contributed by atoms with E-state index in [1.165, 1.54) is 0 Å². The molecule has 0 atom stereocenters. The molecule has 0 saturated carbocycles. The Kier molecular flexibility index (Phi) is 7.56. The number of halogens is 1. The zero-order valence-corrected chi connectivity index (χ0v) is 19.9. The van der Waals surface area contributed by atoms with Crippen LogP contribution in [0.15, 0.2) is 45.8 Å². The quantitative estimate of drug-likeness (QED) is 0.503. The van der Waals surface area contributed by atoms with Crippen molar-refractivity contribution in [3.05, 3.63) is 62.5 Å². The third kappa shape index (κ3) is 5.57. The molecule has 0 aliphatic carbocycles. The third-order valence-corrected chi connectivity index (χ3v) is 6.30. The first-order valence-electron chi connectivity index (χ1n) is 9.84. The molecule has 8 heteroatoms. The van der Waals surface area contributed by atoms with E-state index in [1.54, 1.807) is 12.1 Å². The Morgan fingerprint density at radius 2 is 2.00 bits per heavy atom. The molecule has 3 rings (SSSR count). The molecule has 0 bridgehead atoms. The van der Waals surface area contributed by atoms with E-state index < -0.39 is 17.1 Å². The highest BCUT2D eigenvalue weighted by Gasteiger charge is 2.36. The highest BCUT2D eigenvalue weighted by atomic mass is 79.9. The van der Waals surface area contributed by atoms with Crippen molar-refractivity contribution in [3.63, 3.8) is 0 Å². The monoisotopic (exact) mass is 502 g/mol. The maximum Gasteiger partial charge on any atom is 0.294 e. The van der Waals surface area contributed by atoms with Gasteiger partial charge < -0.3 is 10.1 Å². The highest BCUT2D eigenvalue weighted by molar-refractivity contribution is 9.10. The number of carbonyl (C=O) groups is 3. The molecule has 0 unspecified atom stereocenters. The number of thioether (sulfide) groups is 1. The predicted molar refractivity (Wildman–Crippen MR) is 127 cm³/mol. The molecular weight excluding hydrogens is 480 g/mol. The van der Waals surface area contributed by atoms with Gasteiger partial charge in [-0.3, -0.25) is 19.3 Å². The molecule has 0 radical (unpaired) electrons. The summed E-state index contributed by atoms with van der Waals surface area (Å²) in [5.74, 6) is -0.179. The summed E-state index contributed by atoms with van der Waals surface area (Å²) in [4.78, 5) is 38.8. The van der Waals surface area contributed by atoms with Gasteiger partial charge in [-0.2, -0.15) is 0 Å². The van der Waals surface area contributed by atoms with Gasteiger partial charge in [0.25, 0.3) is 11.1 Å². The molecule has 2 aromatic rings. The molecule has 162 valence electrons. The minimum atomic E-state index is -0.478. The first-order chi connectivity index (χ1) is 14.8. The molecule has 6 nitrogen and oxygen atoms in total. The molecule has 2 aromatic carbocycles. The Hall–Kier alpha value is -2.58. The number of anilines is 1. The maximum atomic E-state index is 12.7. The van der Waals surface area contributed by atoms with E-state index >= 15 is 0 Å². The molecule has 1 aliphatic rings.